The van der Waals surface area contributed by atoms with E-state index < -0.39 is 17.7 Å². The molecule has 2 aromatic carbocycles. The summed E-state index contributed by atoms with van der Waals surface area (Å²) in [5.74, 6) is -1.03. The van der Waals surface area contributed by atoms with Gasteiger partial charge < -0.3 is 14.6 Å². The third-order valence-corrected chi connectivity index (χ3v) is 6.48. The van der Waals surface area contributed by atoms with Crippen molar-refractivity contribution in [3.63, 3.8) is 0 Å². The normalized spacial score (nSPS) is 17.8. The number of carbonyl (C=O) groups is 2. The van der Waals surface area contributed by atoms with Gasteiger partial charge in [0.15, 0.2) is 0 Å². The van der Waals surface area contributed by atoms with Crippen LogP contribution < -0.4 is 0 Å². The molecule has 3 aromatic rings. The summed E-state index contributed by atoms with van der Waals surface area (Å²) >= 11 is 3.39. The Bertz CT molecular complexity index is 1170. The lowest BCUT2D eigenvalue weighted by molar-refractivity contribution is -0.139. The van der Waals surface area contributed by atoms with Gasteiger partial charge in [-0.25, -0.2) is 4.98 Å². The van der Waals surface area contributed by atoms with E-state index in [0.29, 0.717) is 31.0 Å². The molecule has 0 saturated carbocycles. The molecule has 1 aliphatic heterocycles. The summed E-state index contributed by atoms with van der Waals surface area (Å²) < 4.78 is 2.80. The lowest BCUT2D eigenvalue weighted by atomic mass is 9.93. The van der Waals surface area contributed by atoms with Crippen LogP contribution in [0.15, 0.2) is 77.3 Å². The SMILES string of the molecule is CC(C)c1ccc([C@@H]2C(=C(O)c3ccc(Br)cc3)C(=O)C(=O)N2CCCn2ccnc2)cc1. The number of aliphatic hydroxyl groups is 1. The molecule has 4 rings (SSSR count). The summed E-state index contributed by atoms with van der Waals surface area (Å²) in [6.07, 6.45) is 5.95. The van der Waals surface area contributed by atoms with Crippen molar-refractivity contribution in [2.24, 2.45) is 0 Å². The molecule has 1 aliphatic rings. The fraction of sp³-hybridized carbons (Fsp3) is 0.269. The number of hydrogen-bond acceptors (Lipinski definition) is 4. The van der Waals surface area contributed by atoms with Gasteiger partial charge in [0.1, 0.15) is 5.76 Å². The third kappa shape index (κ3) is 4.78. The van der Waals surface area contributed by atoms with Crippen LogP contribution in [0.3, 0.4) is 0 Å². The van der Waals surface area contributed by atoms with Gasteiger partial charge in [-0.2, -0.15) is 0 Å². The van der Waals surface area contributed by atoms with Crippen molar-refractivity contribution in [3.8, 4) is 0 Å². The van der Waals surface area contributed by atoms with Crippen LogP contribution in [-0.2, 0) is 16.1 Å². The van der Waals surface area contributed by atoms with Crippen molar-refractivity contribution < 1.29 is 14.7 Å². The predicted octanol–water partition coefficient (Wildman–Crippen LogP) is 5.28. The van der Waals surface area contributed by atoms with Crippen molar-refractivity contribution in [3.05, 3.63) is 94.0 Å². The van der Waals surface area contributed by atoms with E-state index in [1.807, 2.05) is 35.0 Å². The highest BCUT2D eigenvalue weighted by Crippen LogP contribution is 2.40. The summed E-state index contributed by atoms with van der Waals surface area (Å²) in [7, 11) is 0. The monoisotopic (exact) mass is 507 g/mol. The van der Waals surface area contributed by atoms with Gasteiger partial charge >= 0.3 is 0 Å². The van der Waals surface area contributed by atoms with E-state index >= 15 is 0 Å². The number of aromatic nitrogens is 2. The van der Waals surface area contributed by atoms with Gasteiger partial charge in [-0.1, -0.05) is 66.2 Å². The maximum atomic E-state index is 13.1. The molecular weight excluding hydrogens is 482 g/mol. The van der Waals surface area contributed by atoms with Crippen LogP contribution in [0.1, 0.15) is 48.9 Å². The second kappa shape index (κ2) is 9.75. The molecule has 1 N–H and O–H groups in total. The van der Waals surface area contributed by atoms with Crippen molar-refractivity contribution in [2.75, 3.05) is 6.54 Å². The van der Waals surface area contributed by atoms with E-state index in [4.69, 9.17) is 0 Å². The second-order valence-electron chi connectivity index (χ2n) is 8.47. The van der Waals surface area contributed by atoms with Crippen LogP contribution in [-0.4, -0.2) is 37.8 Å². The molecule has 2 heterocycles. The molecule has 0 unspecified atom stereocenters. The number of imidazole rings is 1. The van der Waals surface area contributed by atoms with Gasteiger partial charge in [-0.15, -0.1) is 0 Å². The molecule has 1 aromatic heterocycles. The number of aliphatic hydroxyl groups excluding tert-OH is 1. The smallest absolute Gasteiger partial charge is 0.295 e. The molecule has 0 radical (unpaired) electrons. The molecule has 1 atom stereocenters. The molecule has 0 spiro atoms. The molecule has 0 bridgehead atoms. The van der Waals surface area contributed by atoms with Crippen LogP contribution in [0.25, 0.3) is 5.76 Å². The number of likely N-dealkylation sites (tertiary alicyclic amines) is 1. The highest BCUT2D eigenvalue weighted by molar-refractivity contribution is 9.10. The van der Waals surface area contributed by atoms with Crippen molar-refractivity contribution in [1.29, 1.82) is 0 Å². The fourth-order valence-corrected chi connectivity index (χ4v) is 4.39. The Hall–Kier alpha value is -3.19. The first-order valence-electron chi connectivity index (χ1n) is 11.0. The highest BCUT2D eigenvalue weighted by Gasteiger charge is 2.45. The zero-order chi connectivity index (χ0) is 23.5. The molecule has 33 heavy (non-hydrogen) atoms. The molecule has 0 aliphatic carbocycles. The zero-order valence-corrected chi connectivity index (χ0v) is 20.2. The number of ketones is 1. The van der Waals surface area contributed by atoms with Gasteiger partial charge in [0.05, 0.1) is 17.9 Å². The summed E-state index contributed by atoms with van der Waals surface area (Å²) in [4.78, 5) is 31.8. The summed E-state index contributed by atoms with van der Waals surface area (Å²) in [5.41, 5.74) is 2.60. The van der Waals surface area contributed by atoms with Crippen LogP contribution in [0.5, 0.6) is 0 Å². The van der Waals surface area contributed by atoms with Crippen LogP contribution in [0, 0.1) is 0 Å². The second-order valence-corrected chi connectivity index (χ2v) is 9.39. The largest absolute Gasteiger partial charge is 0.507 e. The lowest BCUT2D eigenvalue weighted by Gasteiger charge is -2.25. The van der Waals surface area contributed by atoms with E-state index in [2.05, 4.69) is 34.8 Å². The minimum absolute atomic E-state index is 0.127. The van der Waals surface area contributed by atoms with Gasteiger partial charge in [0, 0.05) is 35.5 Å². The Morgan fingerprint density at radius 1 is 1.06 bits per heavy atom. The molecule has 7 heteroatoms. The first-order chi connectivity index (χ1) is 15.9. The number of aryl methyl sites for hydroxylation is 1. The van der Waals surface area contributed by atoms with E-state index in [0.717, 1.165) is 10.0 Å². The maximum Gasteiger partial charge on any atom is 0.295 e. The molecule has 6 nitrogen and oxygen atoms in total. The van der Waals surface area contributed by atoms with Gasteiger partial charge in [0.25, 0.3) is 11.7 Å². The van der Waals surface area contributed by atoms with Crippen molar-refractivity contribution >= 4 is 33.4 Å². The van der Waals surface area contributed by atoms with E-state index in [1.165, 1.54) is 5.56 Å². The number of nitrogens with zero attached hydrogens (tertiary/aromatic N) is 3. The van der Waals surface area contributed by atoms with Crippen LogP contribution in [0.4, 0.5) is 0 Å². The molecule has 1 fully saturated rings. The lowest BCUT2D eigenvalue weighted by Crippen LogP contribution is -2.31. The fourth-order valence-electron chi connectivity index (χ4n) is 4.13. The number of hydrogen-bond donors (Lipinski definition) is 1. The number of amides is 1. The molecule has 1 amide bonds. The van der Waals surface area contributed by atoms with Gasteiger partial charge in [-0.05, 0) is 35.6 Å². The number of Topliss-reactive ketones (excluding diaryl/α,β-unsaturated/α-hetero) is 1. The van der Waals surface area contributed by atoms with Crippen LogP contribution >= 0.6 is 15.9 Å². The Morgan fingerprint density at radius 2 is 1.76 bits per heavy atom. The van der Waals surface area contributed by atoms with Crippen LogP contribution in [0.2, 0.25) is 0 Å². The van der Waals surface area contributed by atoms with Gasteiger partial charge in [0.2, 0.25) is 0 Å². The van der Waals surface area contributed by atoms with E-state index in [-0.39, 0.29) is 11.3 Å². The standard InChI is InChI=1S/C26H26BrN3O3/c1-17(2)18-4-6-19(7-5-18)23-22(24(31)20-8-10-21(27)11-9-20)25(32)26(33)30(23)14-3-13-29-15-12-28-16-29/h4-12,15-17,23,31H,3,13-14H2,1-2H3/t23-/m1/s1. The minimum Gasteiger partial charge on any atom is -0.507 e. The first kappa shape index (κ1) is 23.0. The van der Waals surface area contributed by atoms with E-state index in [9.17, 15) is 14.7 Å². The van der Waals surface area contributed by atoms with Crippen molar-refractivity contribution in [2.45, 2.75) is 38.8 Å². The number of rotatable bonds is 7. The Morgan fingerprint density at radius 3 is 2.36 bits per heavy atom. The average Bonchev–Trinajstić information content (AvgIpc) is 3.41. The molecule has 1 saturated heterocycles. The number of benzene rings is 2. The third-order valence-electron chi connectivity index (χ3n) is 5.95. The van der Waals surface area contributed by atoms with Gasteiger partial charge in [-0.3, -0.25) is 9.59 Å². The minimum atomic E-state index is -0.656. The van der Waals surface area contributed by atoms with Crippen molar-refractivity contribution in [1.82, 2.24) is 14.5 Å². The topological polar surface area (TPSA) is 75.4 Å². The Balaban J connectivity index is 1.73. The maximum absolute atomic E-state index is 13.1. The predicted molar refractivity (Wildman–Crippen MR) is 131 cm³/mol. The quantitative estimate of drug-likeness (QED) is 0.268. The number of halogens is 1. The Kier molecular flexibility index (Phi) is 6.79. The Labute approximate surface area is 201 Å². The average molecular weight is 508 g/mol. The molecule has 170 valence electrons. The summed E-state index contributed by atoms with van der Waals surface area (Å²) in [5, 5.41) is 11.1. The highest BCUT2D eigenvalue weighted by atomic mass is 79.9. The number of carbonyl (C=O) groups excluding carboxylic acids is 2. The molecular formula is C26H26BrN3O3. The zero-order valence-electron chi connectivity index (χ0n) is 18.6. The first-order valence-corrected chi connectivity index (χ1v) is 11.8. The summed E-state index contributed by atoms with van der Waals surface area (Å²) in [6, 6.07) is 14.3. The van der Waals surface area contributed by atoms with E-state index in [1.54, 1.807) is 41.7 Å². The summed E-state index contributed by atoms with van der Waals surface area (Å²) in [6.45, 7) is 5.29.